The van der Waals surface area contributed by atoms with Gasteiger partial charge < -0.3 is 0 Å². The maximum atomic E-state index is 3.94. The number of hydrogen-bond donors (Lipinski definition) is 0. The average Bonchev–Trinajstić information content (AvgIpc) is 2.06. The van der Waals surface area contributed by atoms with Gasteiger partial charge in [0.05, 0.1) is 8.07 Å². The van der Waals surface area contributed by atoms with Crippen LogP contribution < -0.4 is 0 Å². The molecule has 1 atom stereocenters. The van der Waals surface area contributed by atoms with Crippen LogP contribution in [0.3, 0.4) is 0 Å². The van der Waals surface area contributed by atoms with Gasteiger partial charge in [0.1, 0.15) is 0 Å². The van der Waals surface area contributed by atoms with Gasteiger partial charge in [-0.05, 0) is 5.54 Å². The van der Waals surface area contributed by atoms with Gasteiger partial charge >= 0.3 is 0 Å². The van der Waals surface area contributed by atoms with E-state index in [0.717, 1.165) is 11.1 Å². The zero-order chi connectivity index (χ0) is 9.78. The van der Waals surface area contributed by atoms with Crippen molar-refractivity contribution in [3.8, 4) is 0 Å². The normalized spacial score (nSPS) is 14.8. The predicted octanol–water partition coefficient (Wildman–Crippen LogP) is 4.46. The van der Waals surface area contributed by atoms with E-state index in [1.54, 1.807) is 0 Å². The fourth-order valence-corrected chi connectivity index (χ4v) is 7.41. The summed E-state index contributed by atoms with van der Waals surface area (Å²) in [6.45, 7) is 15.8. The summed E-state index contributed by atoms with van der Waals surface area (Å²) < 4.78 is 0. The van der Waals surface area contributed by atoms with E-state index in [2.05, 4.69) is 47.3 Å². The van der Waals surface area contributed by atoms with Crippen LogP contribution in [0.4, 0.5) is 0 Å². The first-order chi connectivity index (χ1) is 5.55. The highest BCUT2D eigenvalue weighted by molar-refractivity contribution is 6.82. The Balaban J connectivity index is 4.67. The molecule has 0 aliphatic carbocycles. The zero-order valence-corrected chi connectivity index (χ0v) is 10.4. The van der Waals surface area contributed by atoms with Gasteiger partial charge in [0.25, 0.3) is 0 Å². The predicted molar refractivity (Wildman–Crippen MR) is 61.4 cm³/mol. The molecule has 0 aromatic rings. The largest absolute Gasteiger partial charge is 0.103 e. The molecule has 0 N–H and O–H groups in total. The van der Waals surface area contributed by atoms with Crippen molar-refractivity contribution in [1.82, 2.24) is 0 Å². The monoisotopic (exact) mass is 184 g/mol. The summed E-state index contributed by atoms with van der Waals surface area (Å²) in [4.78, 5) is 0. The molecule has 0 nitrogen and oxygen atoms in total. The molecule has 0 saturated heterocycles. The van der Waals surface area contributed by atoms with Crippen molar-refractivity contribution in [2.75, 3.05) is 0 Å². The Morgan fingerprint density at radius 2 is 1.58 bits per heavy atom. The van der Waals surface area contributed by atoms with Crippen LogP contribution in [0.5, 0.6) is 0 Å². The van der Waals surface area contributed by atoms with Crippen LogP contribution in [-0.2, 0) is 0 Å². The molecule has 0 amide bonds. The van der Waals surface area contributed by atoms with Gasteiger partial charge in [0, 0.05) is 0 Å². The Morgan fingerprint density at radius 3 is 1.67 bits per heavy atom. The topological polar surface area (TPSA) is 0 Å². The molecule has 72 valence electrons. The van der Waals surface area contributed by atoms with Gasteiger partial charge in [0.15, 0.2) is 0 Å². The van der Waals surface area contributed by atoms with Crippen LogP contribution in [0.25, 0.3) is 0 Å². The van der Waals surface area contributed by atoms with Crippen molar-refractivity contribution in [3.63, 3.8) is 0 Å². The van der Waals surface area contributed by atoms with E-state index in [9.17, 15) is 0 Å². The summed E-state index contributed by atoms with van der Waals surface area (Å²) in [5, 5.41) is 0. The van der Waals surface area contributed by atoms with Crippen LogP contribution in [-0.4, -0.2) is 8.07 Å². The lowest BCUT2D eigenvalue weighted by atomic mass is 10.5. The van der Waals surface area contributed by atoms with Gasteiger partial charge in [-0.2, -0.15) is 0 Å². The smallest absolute Gasteiger partial charge is 0.0621 e. The molecule has 1 unspecified atom stereocenters. The van der Waals surface area contributed by atoms with E-state index in [-0.39, 0.29) is 0 Å². The van der Waals surface area contributed by atoms with Crippen LogP contribution in [0.1, 0.15) is 34.6 Å². The molecule has 12 heavy (non-hydrogen) atoms. The van der Waals surface area contributed by atoms with E-state index < -0.39 is 8.07 Å². The lowest BCUT2D eigenvalue weighted by molar-refractivity contribution is 0.900. The van der Waals surface area contributed by atoms with E-state index in [4.69, 9.17) is 0 Å². The summed E-state index contributed by atoms with van der Waals surface area (Å²) in [6, 6.07) is 2.79. The zero-order valence-electron chi connectivity index (χ0n) is 9.35. The van der Waals surface area contributed by atoms with Gasteiger partial charge in [-0.15, -0.1) is 6.58 Å². The summed E-state index contributed by atoms with van der Waals surface area (Å²) in [7, 11) is -1.04. The van der Waals surface area contributed by atoms with Crippen molar-refractivity contribution < 1.29 is 0 Å². The molecule has 0 aromatic carbocycles. The van der Waals surface area contributed by atoms with Crippen LogP contribution in [0.2, 0.25) is 23.2 Å². The van der Waals surface area contributed by atoms with Crippen molar-refractivity contribution in [2.24, 2.45) is 0 Å². The fourth-order valence-electron chi connectivity index (χ4n) is 2.47. The Kier molecular flexibility index (Phi) is 4.84. The number of hydrogen-bond acceptors (Lipinski definition) is 0. The second-order valence-electron chi connectivity index (χ2n) is 4.12. The quantitative estimate of drug-likeness (QED) is 0.437. The van der Waals surface area contributed by atoms with Crippen LogP contribution in [0, 0.1) is 0 Å². The van der Waals surface area contributed by atoms with Crippen LogP contribution in [0.15, 0.2) is 12.7 Å². The van der Waals surface area contributed by atoms with Gasteiger partial charge in [0.2, 0.25) is 0 Å². The maximum Gasteiger partial charge on any atom is 0.0621 e. The minimum Gasteiger partial charge on any atom is -0.103 e. The summed E-state index contributed by atoms with van der Waals surface area (Å²) >= 11 is 0. The SMILES string of the molecule is C=CC(C)[Si](CC)(CC)C(C)C. The molecule has 0 rings (SSSR count). The fraction of sp³-hybridized carbons (Fsp3) is 0.818. The molecule has 0 saturated carbocycles. The minimum atomic E-state index is -1.04. The third-order valence-electron chi connectivity index (χ3n) is 3.73. The second-order valence-corrected chi connectivity index (χ2v) is 10.1. The van der Waals surface area contributed by atoms with Crippen molar-refractivity contribution >= 4 is 8.07 Å². The van der Waals surface area contributed by atoms with Crippen molar-refractivity contribution in [3.05, 3.63) is 12.7 Å². The minimum absolute atomic E-state index is 0.771. The van der Waals surface area contributed by atoms with E-state index >= 15 is 0 Å². The Bertz CT molecular complexity index is 134. The van der Waals surface area contributed by atoms with Gasteiger partial charge in [-0.3, -0.25) is 0 Å². The third kappa shape index (κ3) is 2.01. The highest BCUT2D eigenvalue weighted by Crippen LogP contribution is 2.39. The summed E-state index contributed by atoms with van der Waals surface area (Å²) in [6.07, 6.45) is 2.17. The first-order valence-corrected chi connectivity index (χ1v) is 7.74. The molecule has 0 bridgehead atoms. The maximum absolute atomic E-state index is 3.94. The van der Waals surface area contributed by atoms with Crippen molar-refractivity contribution in [2.45, 2.75) is 57.8 Å². The molecule has 0 aliphatic heterocycles. The average molecular weight is 184 g/mol. The molecule has 0 spiro atoms. The molecule has 0 aromatic heterocycles. The third-order valence-corrected chi connectivity index (χ3v) is 10.7. The van der Waals surface area contributed by atoms with Gasteiger partial charge in [-0.25, -0.2) is 0 Å². The molecular formula is C11H24Si. The lowest BCUT2D eigenvalue weighted by Crippen LogP contribution is -2.39. The van der Waals surface area contributed by atoms with E-state index in [1.807, 2.05) is 0 Å². The lowest BCUT2D eigenvalue weighted by Gasteiger charge is -2.38. The molecule has 0 heterocycles. The van der Waals surface area contributed by atoms with E-state index in [1.165, 1.54) is 12.1 Å². The molecule has 0 fully saturated rings. The summed E-state index contributed by atoms with van der Waals surface area (Å²) in [5.41, 5.74) is 1.66. The van der Waals surface area contributed by atoms with Crippen molar-refractivity contribution in [1.29, 1.82) is 0 Å². The summed E-state index contributed by atoms with van der Waals surface area (Å²) in [5.74, 6) is 0. The first-order valence-electron chi connectivity index (χ1n) is 5.17. The Labute approximate surface area is 79.1 Å². The van der Waals surface area contributed by atoms with Gasteiger partial charge in [-0.1, -0.05) is 58.3 Å². The Morgan fingerprint density at radius 1 is 1.17 bits per heavy atom. The first kappa shape index (κ1) is 12.0. The second kappa shape index (κ2) is 4.86. The van der Waals surface area contributed by atoms with Crippen LogP contribution >= 0.6 is 0 Å². The molecule has 0 radical (unpaired) electrons. The molecular weight excluding hydrogens is 160 g/mol. The molecule has 1 heteroatoms. The standard InChI is InChI=1S/C11H24Si/c1-7-11(6)12(8-2,9-3)10(4)5/h7,10-11H,1,8-9H2,2-6H3. The van der Waals surface area contributed by atoms with E-state index in [0.29, 0.717) is 0 Å². The number of rotatable bonds is 5. The highest BCUT2D eigenvalue weighted by Gasteiger charge is 2.36. The number of allylic oxidation sites excluding steroid dienone is 1. The Hall–Kier alpha value is -0.0431. The highest BCUT2D eigenvalue weighted by atomic mass is 28.3. The molecule has 0 aliphatic rings.